The van der Waals surface area contributed by atoms with Crippen LogP contribution in [0.2, 0.25) is 0 Å². The van der Waals surface area contributed by atoms with E-state index in [9.17, 15) is 44.3 Å². The summed E-state index contributed by atoms with van der Waals surface area (Å²) in [6.07, 6.45) is -12.7. The van der Waals surface area contributed by atoms with Crippen LogP contribution in [0.4, 0.5) is 39.5 Å². The lowest BCUT2D eigenvalue weighted by Crippen LogP contribution is -2.61. The standard InChI is InChI=1S/C11H11F9O3/c1-3-4-5-6(2)7(21)22-23-11(19,20)9(14,15)8(12,13)10(16,17)18/h2-5H2,1H3. The van der Waals surface area contributed by atoms with Gasteiger partial charge in [0.05, 0.1) is 0 Å². The van der Waals surface area contributed by atoms with Gasteiger partial charge in [-0.3, -0.25) is 4.89 Å². The fourth-order valence-corrected chi connectivity index (χ4v) is 1.05. The minimum atomic E-state index is -7.13. The maximum absolute atomic E-state index is 12.8. The van der Waals surface area contributed by atoms with Gasteiger partial charge in [-0.15, -0.1) is 4.89 Å². The van der Waals surface area contributed by atoms with Crippen LogP contribution in [0.15, 0.2) is 12.2 Å². The summed E-state index contributed by atoms with van der Waals surface area (Å²) in [4.78, 5) is 16.8. The molecule has 0 amide bonds. The molecule has 0 aromatic rings. The van der Waals surface area contributed by atoms with Crippen molar-refractivity contribution in [2.45, 2.75) is 50.3 Å². The van der Waals surface area contributed by atoms with E-state index < -0.39 is 35.7 Å². The van der Waals surface area contributed by atoms with Crippen molar-refractivity contribution in [2.24, 2.45) is 0 Å². The van der Waals surface area contributed by atoms with Crippen molar-refractivity contribution in [2.75, 3.05) is 0 Å². The molecule has 0 radical (unpaired) electrons. The Labute approximate surface area is 124 Å². The van der Waals surface area contributed by atoms with E-state index in [4.69, 9.17) is 0 Å². The van der Waals surface area contributed by atoms with Crippen LogP contribution in [0.25, 0.3) is 0 Å². The van der Waals surface area contributed by atoms with Crippen molar-refractivity contribution in [3.63, 3.8) is 0 Å². The molecular weight excluding hydrogens is 351 g/mol. The van der Waals surface area contributed by atoms with E-state index in [2.05, 4.69) is 16.4 Å². The molecule has 0 atom stereocenters. The average Bonchev–Trinajstić information content (AvgIpc) is 2.40. The van der Waals surface area contributed by atoms with Gasteiger partial charge in [0.15, 0.2) is 0 Å². The third kappa shape index (κ3) is 4.52. The van der Waals surface area contributed by atoms with Crippen LogP contribution >= 0.6 is 0 Å². The van der Waals surface area contributed by atoms with E-state index in [0.717, 1.165) is 0 Å². The molecule has 136 valence electrons. The number of carbonyl (C=O) groups excluding carboxylic acids is 1. The van der Waals surface area contributed by atoms with Gasteiger partial charge in [-0.1, -0.05) is 19.9 Å². The zero-order chi connectivity index (χ0) is 18.7. The van der Waals surface area contributed by atoms with Gasteiger partial charge < -0.3 is 0 Å². The highest BCUT2D eigenvalue weighted by atomic mass is 19.4. The number of halogens is 9. The van der Waals surface area contributed by atoms with E-state index in [1.54, 1.807) is 6.92 Å². The molecule has 0 aliphatic heterocycles. The lowest BCUT2D eigenvalue weighted by Gasteiger charge is -2.31. The number of carbonyl (C=O) groups is 1. The fourth-order valence-electron chi connectivity index (χ4n) is 1.05. The normalized spacial score (nSPS) is 13.8. The SMILES string of the molecule is C=C(CCCC)C(=O)OOC(F)(F)C(F)(F)C(F)(F)C(F)(F)F. The summed E-state index contributed by atoms with van der Waals surface area (Å²) in [5.41, 5.74) is -0.520. The molecule has 3 nitrogen and oxygen atoms in total. The van der Waals surface area contributed by atoms with Crippen LogP contribution in [0.5, 0.6) is 0 Å². The minimum absolute atomic E-state index is 0.112. The van der Waals surface area contributed by atoms with Gasteiger partial charge >= 0.3 is 30.1 Å². The summed E-state index contributed by atoms with van der Waals surface area (Å²) in [5.74, 6) is -16.0. The molecule has 0 saturated heterocycles. The molecule has 0 fully saturated rings. The lowest BCUT2D eigenvalue weighted by atomic mass is 10.1. The van der Waals surface area contributed by atoms with Crippen molar-refractivity contribution < 1.29 is 54.1 Å². The van der Waals surface area contributed by atoms with E-state index >= 15 is 0 Å². The maximum Gasteiger partial charge on any atom is 0.461 e. The molecule has 0 aromatic carbocycles. The molecule has 0 heterocycles. The summed E-state index contributed by atoms with van der Waals surface area (Å²) >= 11 is 0. The Kier molecular flexibility index (Phi) is 6.53. The highest BCUT2D eigenvalue weighted by molar-refractivity contribution is 5.87. The molecule has 0 aromatic heterocycles. The van der Waals surface area contributed by atoms with Gasteiger partial charge in [-0.05, 0) is 12.8 Å². The van der Waals surface area contributed by atoms with Crippen molar-refractivity contribution >= 4 is 5.97 Å². The Morgan fingerprint density at radius 1 is 0.957 bits per heavy atom. The summed E-state index contributed by atoms with van der Waals surface area (Å²) < 4.78 is 112. The molecular formula is C11H11F9O3. The van der Waals surface area contributed by atoms with Crippen LogP contribution in [-0.4, -0.2) is 30.1 Å². The van der Waals surface area contributed by atoms with Gasteiger partial charge in [-0.25, -0.2) is 4.79 Å². The topological polar surface area (TPSA) is 35.5 Å². The molecule has 0 N–H and O–H groups in total. The van der Waals surface area contributed by atoms with Gasteiger partial charge in [0.2, 0.25) is 0 Å². The zero-order valence-corrected chi connectivity index (χ0v) is 11.5. The summed E-state index contributed by atoms with van der Waals surface area (Å²) in [6.45, 7) is 4.70. The van der Waals surface area contributed by atoms with Gasteiger partial charge in [0.25, 0.3) is 0 Å². The Balaban J connectivity index is 5.06. The molecule has 0 unspecified atom stereocenters. The first-order chi connectivity index (χ1) is 10.1. The zero-order valence-electron chi connectivity index (χ0n) is 11.5. The first-order valence-corrected chi connectivity index (χ1v) is 5.89. The molecule has 12 heteroatoms. The summed E-state index contributed by atoms with van der Waals surface area (Å²) in [6, 6.07) is 0. The van der Waals surface area contributed by atoms with E-state index in [1.165, 1.54) is 0 Å². The quantitative estimate of drug-likeness (QED) is 0.273. The fraction of sp³-hybridized carbons (Fsp3) is 0.727. The van der Waals surface area contributed by atoms with E-state index in [0.29, 0.717) is 12.8 Å². The number of rotatable bonds is 8. The average molecular weight is 362 g/mol. The van der Waals surface area contributed by atoms with Crippen LogP contribution in [0.1, 0.15) is 26.2 Å². The van der Waals surface area contributed by atoms with E-state index in [1.807, 2.05) is 0 Å². The maximum atomic E-state index is 12.8. The van der Waals surface area contributed by atoms with Gasteiger partial charge in [0, 0.05) is 5.57 Å². The molecule has 0 aliphatic carbocycles. The largest absolute Gasteiger partial charge is 0.461 e. The van der Waals surface area contributed by atoms with Crippen molar-refractivity contribution in [3.8, 4) is 0 Å². The number of hydrogen-bond donors (Lipinski definition) is 0. The highest BCUT2D eigenvalue weighted by Crippen LogP contribution is 2.53. The Bertz CT molecular complexity index is 443. The summed E-state index contributed by atoms with van der Waals surface area (Å²) in [7, 11) is 0. The lowest BCUT2D eigenvalue weighted by molar-refractivity contribution is -0.505. The monoisotopic (exact) mass is 362 g/mol. The molecule has 0 spiro atoms. The van der Waals surface area contributed by atoms with Crippen molar-refractivity contribution in [3.05, 3.63) is 12.2 Å². The molecule has 0 rings (SSSR count). The second-order valence-electron chi connectivity index (χ2n) is 4.32. The van der Waals surface area contributed by atoms with Crippen LogP contribution in [0, 0.1) is 0 Å². The first kappa shape index (κ1) is 21.5. The molecule has 0 aliphatic rings. The third-order valence-corrected chi connectivity index (χ3v) is 2.46. The predicted molar refractivity (Wildman–Crippen MR) is 56.7 cm³/mol. The van der Waals surface area contributed by atoms with Crippen LogP contribution in [0.3, 0.4) is 0 Å². The van der Waals surface area contributed by atoms with E-state index in [-0.39, 0.29) is 6.42 Å². The predicted octanol–water partition coefficient (Wildman–Crippen LogP) is 4.63. The molecule has 0 bridgehead atoms. The second-order valence-corrected chi connectivity index (χ2v) is 4.32. The smallest absolute Gasteiger partial charge is 0.287 e. The number of unbranched alkanes of at least 4 members (excludes halogenated alkanes) is 1. The Morgan fingerprint density at radius 2 is 1.43 bits per heavy atom. The first-order valence-electron chi connectivity index (χ1n) is 5.89. The van der Waals surface area contributed by atoms with Crippen molar-refractivity contribution in [1.29, 1.82) is 0 Å². The van der Waals surface area contributed by atoms with Crippen LogP contribution < -0.4 is 0 Å². The Morgan fingerprint density at radius 3 is 1.83 bits per heavy atom. The summed E-state index contributed by atoms with van der Waals surface area (Å²) in [5, 5.41) is 0. The van der Waals surface area contributed by atoms with Crippen molar-refractivity contribution in [1.82, 2.24) is 0 Å². The number of alkyl halides is 9. The van der Waals surface area contributed by atoms with Gasteiger partial charge in [0.1, 0.15) is 0 Å². The minimum Gasteiger partial charge on any atom is -0.287 e. The molecule has 23 heavy (non-hydrogen) atoms. The third-order valence-electron chi connectivity index (χ3n) is 2.46. The second kappa shape index (κ2) is 6.97. The van der Waals surface area contributed by atoms with Gasteiger partial charge in [-0.2, -0.15) is 39.5 Å². The number of hydrogen-bond acceptors (Lipinski definition) is 3. The van der Waals surface area contributed by atoms with Crippen LogP contribution in [-0.2, 0) is 14.6 Å². The Hall–Kier alpha value is -1.46. The molecule has 0 saturated carbocycles. The highest BCUT2D eigenvalue weighted by Gasteiger charge is 2.83.